The number of H-pyrrole nitrogens is 2. The number of carbonyl (C=O) groups excluding carboxylic acids is 2. The van der Waals surface area contributed by atoms with Crippen LogP contribution >= 0.6 is 0 Å². The predicted molar refractivity (Wildman–Crippen MR) is 88.6 cm³/mol. The Balaban J connectivity index is 1.60. The number of aromatic amines is 2. The molecule has 8 heteroatoms. The second-order valence-corrected chi connectivity index (χ2v) is 5.59. The van der Waals surface area contributed by atoms with E-state index < -0.39 is 0 Å². The number of nitrogens with zero attached hydrogens (tertiary/aromatic N) is 3. The lowest BCUT2D eigenvalue weighted by atomic mass is 10.2. The molecule has 0 spiro atoms. The van der Waals surface area contributed by atoms with Crippen LogP contribution in [0, 0.1) is 0 Å². The fraction of sp³-hybridized carbons (Fsp3) is 0.250. The second kappa shape index (κ2) is 6.53. The Morgan fingerprint density at radius 1 is 1.29 bits per heavy atom. The molecule has 1 unspecified atom stereocenters. The Labute approximate surface area is 138 Å². The van der Waals surface area contributed by atoms with E-state index in [2.05, 4.69) is 25.5 Å². The fourth-order valence-electron chi connectivity index (χ4n) is 2.33. The highest BCUT2D eigenvalue weighted by molar-refractivity contribution is 5.97. The van der Waals surface area contributed by atoms with Gasteiger partial charge in [0.15, 0.2) is 0 Å². The van der Waals surface area contributed by atoms with E-state index in [0.717, 1.165) is 10.9 Å². The second-order valence-electron chi connectivity index (χ2n) is 5.59. The maximum Gasteiger partial charge on any atom is 0.271 e. The molecule has 1 atom stereocenters. The number of rotatable bonds is 5. The average molecular weight is 326 g/mol. The lowest BCUT2D eigenvalue weighted by molar-refractivity contribution is 0.0725. The molecule has 0 aliphatic carbocycles. The smallest absolute Gasteiger partial charge is 0.271 e. The summed E-state index contributed by atoms with van der Waals surface area (Å²) in [4.78, 5) is 33.1. The van der Waals surface area contributed by atoms with Gasteiger partial charge in [0.2, 0.25) is 0 Å². The van der Waals surface area contributed by atoms with Gasteiger partial charge in [-0.25, -0.2) is 0 Å². The monoisotopic (exact) mass is 326 g/mol. The molecule has 0 aromatic carbocycles. The summed E-state index contributed by atoms with van der Waals surface area (Å²) in [5, 5.41) is 10.1. The Morgan fingerprint density at radius 3 is 2.83 bits per heavy atom. The molecule has 0 radical (unpaired) electrons. The molecule has 24 heavy (non-hydrogen) atoms. The standard InChI is InChI=1S/C16H18N6O2/c1-10(22(2)16(24)13-4-6-19-21-13)8-18-15(23)14-7-11-9-17-5-3-12(11)20-14/h3-7,9-10,20H,8H2,1-2H3,(H,18,23)(H,19,21). The van der Waals surface area contributed by atoms with E-state index in [1.165, 1.54) is 6.20 Å². The molecule has 3 aromatic heterocycles. The van der Waals surface area contributed by atoms with Gasteiger partial charge >= 0.3 is 0 Å². The fourth-order valence-corrected chi connectivity index (χ4v) is 2.33. The summed E-state index contributed by atoms with van der Waals surface area (Å²) in [6.07, 6.45) is 4.89. The molecule has 0 bridgehead atoms. The molecule has 0 fully saturated rings. The number of aromatic nitrogens is 4. The molecule has 0 saturated heterocycles. The number of pyridine rings is 1. The van der Waals surface area contributed by atoms with Crippen molar-refractivity contribution in [2.24, 2.45) is 0 Å². The van der Waals surface area contributed by atoms with Crippen molar-refractivity contribution in [2.75, 3.05) is 13.6 Å². The molecule has 124 valence electrons. The van der Waals surface area contributed by atoms with Crippen LogP contribution in [0.3, 0.4) is 0 Å². The first-order chi connectivity index (χ1) is 11.6. The summed E-state index contributed by atoms with van der Waals surface area (Å²) in [6, 6.07) is 5.01. The lowest BCUT2D eigenvalue weighted by Crippen LogP contribution is -2.43. The molecule has 3 rings (SSSR count). The van der Waals surface area contributed by atoms with Crippen LogP contribution in [0.2, 0.25) is 0 Å². The molecule has 2 amide bonds. The number of carbonyl (C=O) groups is 2. The van der Waals surface area contributed by atoms with E-state index >= 15 is 0 Å². The molecule has 3 heterocycles. The minimum Gasteiger partial charge on any atom is -0.350 e. The van der Waals surface area contributed by atoms with Crippen LogP contribution in [0.15, 0.2) is 36.8 Å². The minimum atomic E-state index is -0.222. The van der Waals surface area contributed by atoms with Crippen LogP contribution in [-0.2, 0) is 0 Å². The third kappa shape index (κ3) is 3.12. The molecule has 0 saturated carbocycles. The van der Waals surface area contributed by atoms with E-state index in [9.17, 15) is 9.59 Å². The SMILES string of the molecule is CC(CNC(=O)c1cc2cnccc2[nH]1)N(C)C(=O)c1ccn[nH]1. The van der Waals surface area contributed by atoms with Crippen LogP contribution < -0.4 is 5.32 Å². The first kappa shape index (κ1) is 15.7. The van der Waals surface area contributed by atoms with Crippen molar-refractivity contribution in [3.05, 3.63) is 48.2 Å². The van der Waals surface area contributed by atoms with Gasteiger partial charge in [-0.2, -0.15) is 5.10 Å². The highest BCUT2D eigenvalue weighted by atomic mass is 16.2. The van der Waals surface area contributed by atoms with Gasteiger partial charge in [-0.05, 0) is 25.1 Å². The molecular formula is C16H18N6O2. The van der Waals surface area contributed by atoms with Crippen LogP contribution in [0.5, 0.6) is 0 Å². The van der Waals surface area contributed by atoms with E-state index in [-0.39, 0.29) is 17.9 Å². The van der Waals surface area contributed by atoms with Gasteiger partial charge in [0.25, 0.3) is 11.8 Å². The summed E-state index contributed by atoms with van der Waals surface area (Å²) in [5.74, 6) is -0.397. The zero-order valence-electron chi connectivity index (χ0n) is 13.4. The molecule has 3 N–H and O–H groups in total. The number of likely N-dealkylation sites (N-methyl/N-ethyl adjacent to an activating group) is 1. The van der Waals surface area contributed by atoms with Gasteiger partial charge in [-0.15, -0.1) is 0 Å². The summed E-state index contributed by atoms with van der Waals surface area (Å²) in [7, 11) is 1.69. The van der Waals surface area contributed by atoms with Crippen LogP contribution in [-0.4, -0.2) is 56.5 Å². The molecule has 8 nitrogen and oxygen atoms in total. The van der Waals surface area contributed by atoms with Gasteiger partial charge in [0, 0.05) is 49.1 Å². The third-order valence-electron chi connectivity index (χ3n) is 3.94. The third-order valence-corrected chi connectivity index (χ3v) is 3.94. The first-order valence-corrected chi connectivity index (χ1v) is 7.53. The molecule has 3 aromatic rings. The summed E-state index contributed by atoms with van der Waals surface area (Å²) in [6.45, 7) is 2.20. The largest absolute Gasteiger partial charge is 0.350 e. The lowest BCUT2D eigenvalue weighted by Gasteiger charge is -2.24. The van der Waals surface area contributed by atoms with Crippen molar-refractivity contribution in [3.63, 3.8) is 0 Å². The van der Waals surface area contributed by atoms with Crippen molar-refractivity contribution >= 4 is 22.7 Å². The molecule has 0 aliphatic heterocycles. The van der Waals surface area contributed by atoms with E-state index in [0.29, 0.717) is 17.9 Å². The zero-order chi connectivity index (χ0) is 17.1. The molecule has 0 aliphatic rings. The predicted octanol–water partition coefficient (Wildman–Crippen LogP) is 1.18. The summed E-state index contributed by atoms with van der Waals surface area (Å²) in [5.41, 5.74) is 1.74. The van der Waals surface area contributed by atoms with Crippen LogP contribution in [0.4, 0.5) is 0 Å². The highest BCUT2D eigenvalue weighted by Crippen LogP contribution is 2.13. The van der Waals surface area contributed by atoms with Crippen molar-refractivity contribution < 1.29 is 9.59 Å². The van der Waals surface area contributed by atoms with E-state index in [1.807, 2.05) is 13.0 Å². The number of fused-ring (bicyclic) bond motifs is 1. The number of nitrogens with one attached hydrogen (secondary N) is 3. The van der Waals surface area contributed by atoms with E-state index in [4.69, 9.17) is 0 Å². The van der Waals surface area contributed by atoms with Crippen molar-refractivity contribution in [2.45, 2.75) is 13.0 Å². The van der Waals surface area contributed by atoms with Gasteiger partial charge in [0.05, 0.1) is 0 Å². The van der Waals surface area contributed by atoms with Gasteiger partial charge in [0.1, 0.15) is 11.4 Å². The van der Waals surface area contributed by atoms with Gasteiger partial charge < -0.3 is 15.2 Å². The van der Waals surface area contributed by atoms with E-state index in [1.54, 1.807) is 36.5 Å². The summed E-state index contributed by atoms with van der Waals surface area (Å²) >= 11 is 0. The molecular weight excluding hydrogens is 308 g/mol. The maximum atomic E-state index is 12.3. The van der Waals surface area contributed by atoms with Gasteiger partial charge in [-0.3, -0.25) is 19.7 Å². The number of amides is 2. The van der Waals surface area contributed by atoms with Crippen LogP contribution in [0.25, 0.3) is 10.9 Å². The van der Waals surface area contributed by atoms with Crippen molar-refractivity contribution in [1.82, 2.24) is 30.4 Å². The number of hydrogen-bond donors (Lipinski definition) is 3. The maximum absolute atomic E-state index is 12.3. The Kier molecular flexibility index (Phi) is 4.28. The van der Waals surface area contributed by atoms with Crippen molar-refractivity contribution in [3.8, 4) is 0 Å². The van der Waals surface area contributed by atoms with Crippen LogP contribution in [0.1, 0.15) is 27.9 Å². The Morgan fingerprint density at radius 2 is 2.12 bits per heavy atom. The van der Waals surface area contributed by atoms with Crippen molar-refractivity contribution in [1.29, 1.82) is 0 Å². The topological polar surface area (TPSA) is 107 Å². The normalized spacial score (nSPS) is 12.1. The average Bonchev–Trinajstić information content (AvgIpc) is 3.26. The number of hydrogen-bond acceptors (Lipinski definition) is 4. The Hall–Kier alpha value is -3.16. The zero-order valence-corrected chi connectivity index (χ0v) is 13.4. The first-order valence-electron chi connectivity index (χ1n) is 7.53. The highest BCUT2D eigenvalue weighted by Gasteiger charge is 2.19. The quantitative estimate of drug-likeness (QED) is 0.654. The van der Waals surface area contributed by atoms with Gasteiger partial charge in [-0.1, -0.05) is 0 Å². The Bertz CT molecular complexity index is 821. The summed E-state index contributed by atoms with van der Waals surface area (Å²) < 4.78 is 0. The minimum absolute atomic E-state index is 0.171.